The van der Waals surface area contributed by atoms with Crippen LogP contribution in [-0.2, 0) is 6.54 Å². The summed E-state index contributed by atoms with van der Waals surface area (Å²) in [4.78, 5) is 9.48. The van der Waals surface area contributed by atoms with Gasteiger partial charge in [-0.1, -0.05) is 11.6 Å². The number of pyridine rings is 1. The standard InChI is InChI=1S/C16H23ClN4/c1-12-15(21-9-13(17)6-7-16(21)18-12)11-19(2)10-14-5-4-8-20(14)3/h6-7,9,14H,4-5,8,10-11H2,1-3H3. The summed E-state index contributed by atoms with van der Waals surface area (Å²) in [5, 5.41) is 0.749. The van der Waals surface area contributed by atoms with E-state index in [9.17, 15) is 0 Å². The summed E-state index contributed by atoms with van der Waals surface area (Å²) in [6.45, 7) is 5.30. The van der Waals surface area contributed by atoms with Crippen molar-refractivity contribution in [2.24, 2.45) is 0 Å². The Morgan fingerprint density at radius 2 is 2.24 bits per heavy atom. The van der Waals surface area contributed by atoms with Gasteiger partial charge in [-0.15, -0.1) is 0 Å². The van der Waals surface area contributed by atoms with Gasteiger partial charge >= 0.3 is 0 Å². The third kappa shape index (κ3) is 3.07. The van der Waals surface area contributed by atoms with Crippen molar-refractivity contribution in [3.63, 3.8) is 0 Å². The molecule has 0 saturated carbocycles. The summed E-state index contributed by atoms with van der Waals surface area (Å²) in [6, 6.07) is 4.55. The van der Waals surface area contributed by atoms with E-state index in [2.05, 4.69) is 40.2 Å². The molecule has 4 nitrogen and oxygen atoms in total. The van der Waals surface area contributed by atoms with Crippen molar-refractivity contribution < 1.29 is 0 Å². The van der Waals surface area contributed by atoms with Crippen molar-refractivity contribution in [1.82, 2.24) is 19.2 Å². The second kappa shape index (κ2) is 5.95. The van der Waals surface area contributed by atoms with Gasteiger partial charge in [0.2, 0.25) is 0 Å². The predicted octanol–water partition coefficient (Wildman–Crippen LogP) is 2.82. The minimum absolute atomic E-state index is 0.679. The van der Waals surface area contributed by atoms with Gasteiger partial charge in [0.1, 0.15) is 5.65 Å². The topological polar surface area (TPSA) is 23.8 Å². The first-order chi connectivity index (χ1) is 10.0. The average Bonchev–Trinajstić information content (AvgIpc) is 2.96. The third-order valence-electron chi connectivity index (χ3n) is 4.50. The lowest BCUT2D eigenvalue weighted by Gasteiger charge is -2.25. The van der Waals surface area contributed by atoms with Gasteiger partial charge in [-0.3, -0.25) is 4.90 Å². The maximum atomic E-state index is 6.12. The highest BCUT2D eigenvalue weighted by atomic mass is 35.5. The van der Waals surface area contributed by atoms with Crippen LogP contribution in [0.4, 0.5) is 0 Å². The van der Waals surface area contributed by atoms with Gasteiger partial charge in [0.15, 0.2) is 0 Å². The molecule has 0 radical (unpaired) electrons. The Balaban J connectivity index is 1.77. The number of rotatable bonds is 4. The van der Waals surface area contributed by atoms with Crippen molar-refractivity contribution in [3.8, 4) is 0 Å². The van der Waals surface area contributed by atoms with Crippen LogP contribution in [0.15, 0.2) is 18.3 Å². The molecule has 114 valence electrons. The maximum absolute atomic E-state index is 6.12. The van der Waals surface area contributed by atoms with Gasteiger partial charge in [0.05, 0.1) is 16.4 Å². The Bertz CT molecular complexity index is 636. The Morgan fingerprint density at radius 1 is 1.43 bits per heavy atom. The Hall–Kier alpha value is -1.10. The number of aromatic nitrogens is 2. The van der Waals surface area contributed by atoms with Gasteiger partial charge in [-0.05, 0) is 52.5 Å². The van der Waals surface area contributed by atoms with Gasteiger partial charge in [-0.2, -0.15) is 0 Å². The molecule has 1 aliphatic heterocycles. The zero-order chi connectivity index (χ0) is 15.0. The van der Waals surface area contributed by atoms with E-state index in [1.807, 2.05) is 18.3 Å². The number of likely N-dealkylation sites (N-methyl/N-ethyl adjacent to an activating group) is 2. The second-order valence-corrected chi connectivity index (χ2v) is 6.63. The van der Waals surface area contributed by atoms with E-state index < -0.39 is 0 Å². The number of hydrogen-bond acceptors (Lipinski definition) is 3. The summed E-state index contributed by atoms with van der Waals surface area (Å²) in [5.41, 5.74) is 3.29. The molecule has 21 heavy (non-hydrogen) atoms. The molecule has 1 unspecified atom stereocenters. The highest BCUT2D eigenvalue weighted by molar-refractivity contribution is 6.30. The fourth-order valence-electron chi connectivity index (χ4n) is 3.27. The molecular formula is C16H23ClN4. The van der Waals surface area contributed by atoms with Crippen LogP contribution in [0, 0.1) is 6.92 Å². The first-order valence-corrected chi connectivity index (χ1v) is 7.94. The van der Waals surface area contributed by atoms with Gasteiger partial charge in [0, 0.05) is 25.3 Å². The fourth-order valence-corrected chi connectivity index (χ4v) is 3.43. The quantitative estimate of drug-likeness (QED) is 0.868. The van der Waals surface area contributed by atoms with E-state index in [1.54, 1.807) is 0 Å². The highest BCUT2D eigenvalue weighted by Crippen LogP contribution is 2.19. The number of fused-ring (bicyclic) bond motifs is 1. The zero-order valence-electron chi connectivity index (χ0n) is 13.0. The molecule has 1 fully saturated rings. The van der Waals surface area contributed by atoms with Crippen LogP contribution in [0.5, 0.6) is 0 Å². The molecule has 0 spiro atoms. The number of imidazole rings is 1. The Kier molecular flexibility index (Phi) is 4.20. The molecule has 2 aromatic rings. The summed E-state index contributed by atoms with van der Waals surface area (Å²) < 4.78 is 2.12. The molecule has 5 heteroatoms. The van der Waals surface area contributed by atoms with Gasteiger partial charge in [0.25, 0.3) is 0 Å². The SMILES string of the molecule is Cc1nc2ccc(Cl)cn2c1CN(C)CC1CCCN1C. The number of nitrogens with zero attached hydrogens (tertiary/aromatic N) is 4. The normalized spacial score (nSPS) is 20.0. The molecule has 3 heterocycles. The molecule has 1 saturated heterocycles. The van der Waals surface area contributed by atoms with Crippen molar-refractivity contribution in [2.45, 2.75) is 32.4 Å². The second-order valence-electron chi connectivity index (χ2n) is 6.19. The van der Waals surface area contributed by atoms with Crippen LogP contribution in [0.2, 0.25) is 5.02 Å². The van der Waals surface area contributed by atoms with Crippen LogP contribution in [0.3, 0.4) is 0 Å². The predicted molar refractivity (Wildman–Crippen MR) is 86.9 cm³/mol. The smallest absolute Gasteiger partial charge is 0.137 e. The van der Waals surface area contributed by atoms with Crippen LogP contribution in [0.25, 0.3) is 5.65 Å². The molecule has 2 aromatic heterocycles. The molecule has 0 aliphatic carbocycles. The minimum Gasteiger partial charge on any atom is -0.302 e. The zero-order valence-corrected chi connectivity index (χ0v) is 13.8. The third-order valence-corrected chi connectivity index (χ3v) is 4.72. The van der Waals surface area contributed by atoms with Crippen molar-refractivity contribution in [3.05, 3.63) is 34.7 Å². The molecule has 0 amide bonds. The number of halogens is 1. The van der Waals surface area contributed by atoms with E-state index in [-0.39, 0.29) is 0 Å². The van der Waals surface area contributed by atoms with Crippen LogP contribution in [-0.4, -0.2) is 52.4 Å². The summed E-state index contributed by atoms with van der Waals surface area (Å²) in [7, 11) is 4.42. The van der Waals surface area contributed by atoms with Crippen molar-refractivity contribution in [2.75, 3.05) is 27.2 Å². The lowest BCUT2D eigenvalue weighted by Crippen LogP contribution is -2.36. The molecule has 3 rings (SSSR count). The molecular weight excluding hydrogens is 284 g/mol. The lowest BCUT2D eigenvalue weighted by atomic mass is 10.2. The number of aryl methyl sites for hydroxylation is 1. The van der Waals surface area contributed by atoms with Crippen LogP contribution >= 0.6 is 11.6 Å². The van der Waals surface area contributed by atoms with Crippen molar-refractivity contribution >= 4 is 17.2 Å². The van der Waals surface area contributed by atoms with E-state index in [0.717, 1.165) is 29.5 Å². The monoisotopic (exact) mass is 306 g/mol. The van der Waals surface area contributed by atoms with Gasteiger partial charge in [-0.25, -0.2) is 4.98 Å². The minimum atomic E-state index is 0.679. The Morgan fingerprint density at radius 3 is 2.95 bits per heavy atom. The van der Waals surface area contributed by atoms with Crippen molar-refractivity contribution in [1.29, 1.82) is 0 Å². The van der Waals surface area contributed by atoms with Crippen LogP contribution in [0.1, 0.15) is 24.2 Å². The largest absolute Gasteiger partial charge is 0.302 e. The maximum Gasteiger partial charge on any atom is 0.137 e. The average molecular weight is 307 g/mol. The summed E-state index contributed by atoms with van der Waals surface area (Å²) in [6.07, 6.45) is 4.58. The first kappa shape index (κ1) is 14.8. The fraction of sp³-hybridized carbons (Fsp3) is 0.562. The van der Waals surface area contributed by atoms with E-state index in [4.69, 9.17) is 11.6 Å². The molecule has 1 atom stereocenters. The molecule has 0 N–H and O–H groups in total. The van der Waals surface area contributed by atoms with Gasteiger partial charge < -0.3 is 9.30 Å². The first-order valence-electron chi connectivity index (χ1n) is 7.56. The summed E-state index contributed by atoms with van der Waals surface area (Å²) >= 11 is 6.12. The van der Waals surface area contributed by atoms with Crippen LogP contribution < -0.4 is 0 Å². The number of hydrogen-bond donors (Lipinski definition) is 0. The summed E-state index contributed by atoms with van der Waals surface area (Å²) in [5.74, 6) is 0. The molecule has 1 aliphatic rings. The highest BCUT2D eigenvalue weighted by Gasteiger charge is 2.22. The van der Waals surface area contributed by atoms with E-state index in [0.29, 0.717) is 6.04 Å². The van der Waals surface area contributed by atoms with E-state index in [1.165, 1.54) is 25.1 Å². The van der Waals surface area contributed by atoms with E-state index >= 15 is 0 Å². The Labute approximate surface area is 131 Å². The molecule has 0 aromatic carbocycles. The molecule has 0 bridgehead atoms. The number of likely N-dealkylation sites (tertiary alicyclic amines) is 1. The lowest BCUT2D eigenvalue weighted by molar-refractivity contribution is 0.213.